The van der Waals surface area contributed by atoms with Gasteiger partial charge in [0.1, 0.15) is 6.04 Å². The molecule has 0 radical (unpaired) electrons. The Labute approximate surface area is 119 Å². The van der Waals surface area contributed by atoms with Crippen LogP contribution in [0.25, 0.3) is 0 Å². The second-order valence-electron chi connectivity index (χ2n) is 4.41. The SMILES string of the molecule is COCCCNC(=S)NC(C)C(=O)N1CCOCC1. The minimum absolute atomic E-state index is 0.0596. The van der Waals surface area contributed by atoms with Crippen molar-refractivity contribution in [3.63, 3.8) is 0 Å². The molecule has 0 aliphatic carbocycles. The molecule has 1 amide bonds. The highest BCUT2D eigenvalue weighted by Gasteiger charge is 2.22. The van der Waals surface area contributed by atoms with E-state index >= 15 is 0 Å². The van der Waals surface area contributed by atoms with Crippen LogP contribution in [0.3, 0.4) is 0 Å². The van der Waals surface area contributed by atoms with Crippen molar-refractivity contribution in [1.82, 2.24) is 15.5 Å². The summed E-state index contributed by atoms with van der Waals surface area (Å²) in [5.41, 5.74) is 0. The Hall–Kier alpha value is -0.920. The average Bonchev–Trinajstić information content (AvgIpc) is 2.43. The van der Waals surface area contributed by atoms with Gasteiger partial charge in [-0.1, -0.05) is 0 Å². The van der Waals surface area contributed by atoms with E-state index in [1.54, 1.807) is 12.0 Å². The Morgan fingerprint density at radius 1 is 1.47 bits per heavy atom. The van der Waals surface area contributed by atoms with E-state index in [1.165, 1.54) is 0 Å². The molecular formula is C12H23N3O3S. The molecule has 1 fully saturated rings. The van der Waals surface area contributed by atoms with Gasteiger partial charge in [-0.25, -0.2) is 0 Å². The number of ether oxygens (including phenoxy) is 2. The first-order valence-corrected chi connectivity index (χ1v) is 6.96. The molecule has 19 heavy (non-hydrogen) atoms. The summed E-state index contributed by atoms with van der Waals surface area (Å²) in [4.78, 5) is 13.9. The van der Waals surface area contributed by atoms with E-state index in [1.807, 2.05) is 6.92 Å². The fraction of sp³-hybridized carbons (Fsp3) is 0.833. The quantitative estimate of drug-likeness (QED) is 0.519. The Balaban J connectivity index is 2.22. The van der Waals surface area contributed by atoms with Crippen LogP contribution in [0.4, 0.5) is 0 Å². The zero-order valence-corrected chi connectivity index (χ0v) is 12.4. The number of hydrogen-bond donors (Lipinski definition) is 2. The second-order valence-corrected chi connectivity index (χ2v) is 4.81. The highest BCUT2D eigenvalue weighted by molar-refractivity contribution is 7.80. The average molecular weight is 289 g/mol. The Kier molecular flexibility index (Phi) is 7.69. The first kappa shape index (κ1) is 16.1. The summed E-state index contributed by atoms with van der Waals surface area (Å²) in [6, 6.07) is -0.319. The van der Waals surface area contributed by atoms with E-state index in [4.69, 9.17) is 21.7 Å². The summed E-state index contributed by atoms with van der Waals surface area (Å²) in [6.07, 6.45) is 0.879. The summed E-state index contributed by atoms with van der Waals surface area (Å²) in [6.45, 7) is 5.77. The minimum atomic E-state index is -0.319. The largest absolute Gasteiger partial charge is 0.385 e. The van der Waals surface area contributed by atoms with Gasteiger partial charge in [0.05, 0.1) is 13.2 Å². The van der Waals surface area contributed by atoms with Gasteiger partial charge in [0.15, 0.2) is 5.11 Å². The number of thiocarbonyl (C=S) groups is 1. The van der Waals surface area contributed by atoms with Gasteiger partial charge in [-0.2, -0.15) is 0 Å². The molecule has 110 valence electrons. The minimum Gasteiger partial charge on any atom is -0.385 e. The van der Waals surface area contributed by atoms with Gasteiger partial charge < -0.3 is 25.0 Å². The molecule has 0 saturated carbocycles. The third-order valence-electron chi connectivity index (χ3n) is 2.85. The molecule has 0 bridgehead atoms. The summed E-state index contributed by atoms with van der Waals surface area (Å²) in [5.74, 6) is 0.0596. The van der Waals surface area contributed by atoms with Crippen molar-refractivity contribution in [3.05, 3.63) is 0 Å². The van der Waals surface area contributed by atoms with E-state index < -0.39 is 0 Å². The lowest BCUT2D eigenvalue weighted by molar-refractivity contribution is -0.136. The smallest absolute Gasteiger partial charge is 0.244 e. The highest BCUT2D eigenvalue weighted by Crippen LogP contribution is 2.00. The van der Waals surface area contributed by atoms with Crippen molar-refractivity contribution >= 4 is 23.2 Å². The summed E-state index contributed by atoms with van der Waals surface area (Å²) >= 11 is 5.14. The molecule has 2 N–H and O–H groups in total. The molecule has 1 atom stereocenters. The number of methoxy groups -OCH3 is 1. The van der Waals surface area contributed by atoms with Crippen LogP contribution in [-0.2, 0) is 14.3 Å². The van der Waals surface area contributed by atoms with Crippen LogP contribution < -0.4 is 10.6 Å². The maximum atomic E-state index is 12.1. The van der Waals surface area contributed by atoms with Gasteiger partial charge in [-0.15, -0.1) is 0 Å². The summed E-state index contributed by atoms with van der Waals surface area (Å²) in [7, 11) is 1.67. The number of morpholine rings is 1. The lowest BCUT2D eigenvalue weighted by Gasteiger charge is -2.29. The van der Waals surface area contributed by atoms with Gasteiger partial charge in [-0.05, 0) is 25.6 Å². The van der Waals surface area contributed by atoms with Crippen LogP contribution in [-0.4, -0.2) is 68.5 Å². The van der Waals surface area contributed by atoms with Crippen molar-refractivity contribution in [2.75, 3.05) is 46.6 Å². The van der Waals surface area contributed by atoms with E-state index in [9.17, 15) is 4.79 Å². The molecule has 0 aromatic rings. The van der Waals surface area contributed by atoms with Crippen molar-refractivity contribution < 1.29 is 14.3 Å². The molecule has 0 aromatic heterocycles. The maximum absolute atomic E-state index is 12.1. The van der Waals surface area contributed by atoms with Gasteiger partial charge >= 0.3 is 0 Å². The second kappa shape index (κ2) is 9.06. The number of rotatable bonds is 6. The summed E-state index contributed by atoms with van der Waals surface area (Å²) < 4.78 is 10.2. The van der Waals surface area contributed by atoms with Gasteiger partial charge in [0.2, 0.25) is 5.91 Å². The monoisotopic (exact) mass is 289 g/mol. The van der Waals surface area contributed by atoms with Crippen LogP contribution in [0.2, 0.25) is 0 Å². The third-order valence-corrected chi connectivity index (χ3v) is 3.11. The Morgan fingerprint density at radius 2 is 2.16 bits per heavy atom. The Bertz CT molecular complexity index is 296. The molecule has 1 unspecified atom stereocenters. The highest BCUT2D eigenvalue weighted by atomic mass is 32.1. The van der Waals surface area contributed by atoms with Crippen LogP contribution in [0, 0.1) is 0 Å². The molecule has 1 aliphatic rings. The molecule has 1 saturated heterocycles. The normalized spacial score (nSPS) is 16.8. The van der Waals surface area contributed by atoms with Gasteiger partial charge in [-0.3, -0.25) is 4.79 Å². The molecule has 0 spiro atoms. The van der Waals surface area contributed by atoms with Crippen molar-refractivity contribution in [1.29, 1.82) is 0 Å². The molecule has 7 heteroatoms. The number of hydrogen-bond acceptors (Lipinski definition) is 4. The van der Waals surface area contributed by atoms with Crippen LogP contribution in [0.1, 0.15) is 13.3 Å². The molecule has 6 nitrogen and oxygen atoms in total. The molecule has 1 heterocycles. The van der Waals surface area contributed by atoms with E-state index in [2.05, 4.69) is 10.6 Å². The van der Waals surface area contributed by atoms with Gasteiger partial charge in [0, 0.05) is 33.4 Å². The van der Waals surface area contributed by atoms with E-state index in [-0.39, 0.29) is 11.9 Å². The summed E-state index contributed by atoms with van der Waals surface area (Å²) in [5, 5.41) is 6.56. The molecule has 1 aliphatic heterocycles. The number of nitrogens with one attached hydrogen (secondary N) is 2. The Morgan fingerprint density at radius 3 is 2.79 bits per heavy atom. The van der Waals surface area contributed by atoms with E-state index in [0.717, 1.165) is 13.0 Å². The number of nitrogens with zero attached hydrogens (tertiary/aromatic N) is 1. The lowest BCUT2D eigenvalue weighted by atomic mass is 10.2. The molecule has 1 rings (SSSR count). The molecular weight excluding hydrogens is 266 g/mol. The number of amides is 1. The predicted octanol–water partition coefficient (Wildman–Crippen LogP) is -0.266. The standard InChI is InChI=1S/C12H23N3O3S/c1-10(11(16)15-5-8-18-9-6-15)14-12(19)13-4-3-7-17-2/h10H,3-9H2,1-2H3,(H2,13,14,19). The van der Waals surface area contributed by atoms with Crippen molar-refractivity contribution in [2.45, 2.75) is 19.4 Å². The lowest BCUT2D eigenvalue weighted by Crippen LogP contribution is -2.52. The van der Waals surface area contributed by atoms with Gasteiger partial charge in [0.25, 0.3) is 0 Å². The topological polar surface area (TPSA) is 62.8 Å². The number of carbonyl (C=O) groups excluding carboxylic acids is 1. The first-order valence-electron chi connectivity index (χ1n) is 6.55. The van der Waals surface area contributed by atoms with E-state index in [0.29, 0.717) is 38.0 Å². The predicted molar refractivity (Wildman–Crippen MR) is 77.1 cm³/mol. The van der Waals surface area contributed by atoms with Crippen molar-refractivity contribution in [3.8, 4) is 0 Å². The van der Waals surface area contributed by atoms with Crippen LogP contribution in [0.15, 0.2) is 0 Å². The van der Waals surface area contributed by atoms with Crippen molar-refractivity contribution in [2.24, 2.45) is 0 Å². The zero-order chi connectivity index (χ0) is 14.1. The first-order chi connectivity index (χ1) is 9.15. The van der Waals surface area contributed by atoms with Crippen LogP contribution in [0.5, 0.6) is 0 Å². The fourth-order valence-electron chi connectivity index (χ4n) is 1.79. The third kappa shape index (κ3) is 6.17. The number of carbonyl (C=O) groups is 1. The molecule has 0 aromatic carbocycles. The fourth-order valence-corrected chi connectivity index (χ4v) is 2.06. The van der Waals surface area contributed by atoms with Crippen LogP contribution >= 0.6 is 12.2 Å². The zero-order valence-electron chi connectivity index (χ0n) is 11.6. The maximum Gasteiger partial charge on any atom is 0.244 e.